The van der Waals surface area contributed by atoms with Gasteiger partial charge in [0, 0.05) is 11.8 Å². The topological polar surface area (TPSA) is 80.8 Å². The summed E-state index contributed by atoms with van der Waals surface area (Å²) in [6.45, 7) is -0.265. The molecule has 1 amide bonds. The van der Waals surface area contributed by atoms with Crippen LogP contribution < -0.4 is 0 Å². The Morgan fingerprint density at radius 3 is 2.56 bits per heavy atom. The van der Waals surface area contributed by atoms with E-state index in [0.29, 0.717) is 5.56 Å². The fourth-order valence-electron chi connectivity index (χ4n) is 1.09. The van der Waals surface area contributed by atoms with Gasteiger partial charge in [0.25, 0.3) is 5.91 Å². The van der Waals surface area contributed by atoms with Gasteiger partial charge in [0.15, 0.2) is 0 Å². The van der Waals surface area contributed by atoms with Gasteiger partial charge < -0.3 is 4.90 Å². The van der Waals surface area contributed by atoms with Crippen LogP contribution in [0.3, 0.4) is 0 Å². The van der Waals surface area contributed by atoms with Gasteiger partial charge in [-0.3, -0.25) is 4.79 Å². The van der Waals surface area contributed by atoms with Gasteiger partial charge in [-0.15, -0.1) is 0 Å². The van der Waals surface area contributed by atoms with Crippen molar-refractivity contribution in [2.75, 3.05) is 13.1 Å². The molecule has 0 unspecified atom stereocenters. The number of nitriles is 2. The number of hydrogen-bond acceptors (Lipinski definition) is 4. The van der Waals surface area contributed by atoms with Crippen LogP contribution >= 0.6 is 11.6 Å². The Kier molecular flexibility index (Phi) is 4.26. The van der Waals surface area contributed by atoms with Crippen molar-refractivity contribution in [1.29, 1.82) is 10.5 Å². The summed E-state index contributed by atoms with van der Waals surface area (Å²) in [6.07, 6.45) is 1.40. The molecule has 0 radical (unpaired) electrons. The zero-order chi connectivity index (χ0) is 12.0. The first-order valence-electron chi connectivity index (χ1n) is 4.33. The second kappa shape index (κ2) is 5.69. The molecule has 6 heteroatoms. The molecule has 0 aliphatic carbocycles. The van der Waals surface area contributed by atoms with E-state index in [-0.39, 0.29) is 18.2 Å². The van der Waals surface area contributed by atoms with Crippen LogP contribution in [0.4, 0.5) is 0 Å². The van der Waals surface area contributed by atoms with Crippen LogP contribution in [0.2, 0.25) is 5.15 Å². The lowest BCUT2D eigenvalue weighted by Crippen LogP contribution is -2.31. The zero-order valence-electron chi connectivity index (χ0n) is 8.22. The highest BCUT2D eigenvalue weighted by Gasteiger charge is 2.15. The third kappa shape index (κ3) is 2.94. The van der Waals surface area contributed by atoms with E-state index >= 15 is 0 Å². The van der Waals surface area contributed by atoms with Gasteiger partial charge >= 0.3 is 0 Å². The average molecular weight is 235 g/mol. The number of halogens is 1. The molecule has 1 aromatic rings. The van der Waals surface area contributed by atoms with E-state index in [2.05, 4.69) is 4.98 Å². The molecule has 0 bridgehead atoms. The Morgan fingerprint density at radius 1 is 1.44 bits per heavy atom. The lowest BCUT2D eigenvalue weighted by Gasteiger charge is -2.15. The van der Waals surface area contributed by atoms with Crippen LogP contribution in [0.25, 0.3) is 0 Å². The molecule has 0 saturated heterocycles. The summed E-state index contributed by atoms with van der Waals surface area (Å²) in [4.78, 5) is 16.7. The van der Waals surface area contributed by atoms with Crippen molar-refractivity contribution < 1.29 is 4.79 Å². The van der Waals surface area contributed by atoms with Crippen molar-refractivity contribution in [3.63, 3.8) is 0 Å². The van der Waals surface area contributed by atoms with Crippen LogP contribution in [0.5, 0.6) is 0 Å². The molecule has 0 aliphatic heterocycles. The van der Waals surface area contributed by atoms with Gasteiger partial charge in [-0.2, -0.15) is 10.5 Å². The largest absolute Gasteiger partial charge is 0.312 e. The number of carbonyl (C=O) groups is 1. The monoisotopic (exact) mass is 234 g/mol. The SMILES string of the molecule is N#CCN(CC#N)C(=O)c1ccnc(Cl)c1. The van der Waals surface area contributed by atoms with E-state index in [4.69, 9.17) is 22.1 Å². The van der Waals surface area contributed by atoms with E-state index in [1.54, 1.807) is 0 Å². The zero-order valence-corrected chi connectivity index (χ0v) is 8.98. The average Bonchev–Trinajstić information content (AvgIpc) is 2.28. The van der Waals surface area contributed by atoms with Gasteiger partial charge in [-0.1, -0.05) is 11.6 Å². The molecular weight excluding hydrogens is 228 g/mol. The number of aromatic nitrogens is 1. The predicted octanol–water partition coefficient (Wildman–Crippen LogP) is 1.22. The van der Waals surface area contributed by atoms with Crippen molar-refractivity contribution in [2.24, 2.45) is 0 Å². The van der Waals surface area contributed by atoms with Gasteiger partial charge in [0.05, 0.1) is 12.1 Å². The minimum Gasteiger partial charge on any atom is -0.312 e. The maximum atomic E-state index is 11.8. The summed E-state index contributed by atoms with van der Waals surface area (Å²) in [5.74, 6) is -0.410. The molecule has 0 saturated carbocycles. The fraction of sp³-hybridized carbons (Fsp3) is 0.200. The minimum absolute atomic E-state index is 0.133. The predicted molar refractivity (Wildman–Crippen MR) is 56.4 cm³/mol. The van der Waals surface area contributed by atoms with Crippen LogP contribution in [-0.2, 0) is 0 Å². The van der Waals surface area contributed by atoms with E-state index in [1.165, 1.54) is 18.3 Å². The lowest BCUT2D eigenvalue weighted by atomic mass is 10.2. The molecule has 1 aromatic heterocycles. The molecule has 0 atom stereocenters. The number of amides is 1. The molecule has 0 aromatic carbocycles. The molecule has 0 spiro atoms. The highest BCUT2D eigenvalue weighted by molar-refractivity contribution is 6.29. The lowest BCUT2D eigenvalue weighted by molar-refractivity contribution is 0.0794. The number of carbonyl (C=O) groups excluding carboxylic acids is 1. The Balaban J connectivity index is 2.91. The van der Waals surface area contributed by atoms with E-state index in [9.17, 15) is 4.79 Å². The van der Waals surface area contributed by atoms with Crippen LogP contribution in [0.15, 0.2) is 18.3 Å². The van der Waals surface area contributed by atoms with Crippen LogP contribution in [0, 0.1) is 22.7 Å². The summed E-state index contributed by atoms with van der Waals surface area (Å²) in [5.41, 5.74) is 0.311. The maximum absolute atomic E-state index is 11.8. The number of hydrogen-bond donors (Lipinski definition) is 0. The molecule has 0 aliphatic rings. The molecule has 0 N–H and O–H groups in total. The molecular formula is C10H7ClN4O. The second-order valence-electron chi connectivity index (χ2n) is 2.84. The summed E-state index contributed by atoms with van der Waals surface area (Å²) in [6, 6.07) is 6.52. The first kappa shape index (κ1) is 12.0. The smallest absolute Gasteiger partial charge is 0.255 e. The highest BCUT2D eigenvalue weighted by atomic mass is 35.5. The van der Waals surface area contributed by atoms with Crippen molar-refractivity contribution in [3.05, 3.63) is 29.0 Å². The van der Waals surface area contributed by atoms with Crippen molar-refractivity contribution in [1.82, 2.24) is 9.88 Å². The third-order valence-corrected chi connectivity index (χ3v) is 1.99. The summed E-state index contributed by atoms with van der Waals surface area (Å²) < 4.78 is 0. The van der Waals surface area contributed by atoms with Crippen LogP contribution in [0.1, 0.15) is 10.4 Å². The maximum Gasteiger partial charge on any atom is 0.255 e. The fourth-order valence-corrected chi connectivity index (χ4v) is 1.26. The molecule has 1 heterocycles. The van der Waals surface area contributed by atoms with Crippen molar-refractivity contribution in [3.8, 4) is 12.1 Å². The first-order chi connectivity index (χ1) is 7.69. The highest BCUT2D eigenvalue weighted by Crippen LogP contribution is 2.09. The Morgan fingerprint density at radius 2 is 2.06 bits per heavy atom. The quantitative estimate of drug-likeness (QED) is 0.582. The Bertz CT molecular complexity index is 458. The molecule has 16 heavy (non-hydrogen) atoms. The van der Waals surface area contributed by atoms with E-state index in [1.807, 2.05) is 12.1 Å². The van der Waals surface area contributed by atoms with Gasteiger partial charge in [-0.05, 0) is 12.1 Å². The molecule has 1 rings (SSSR count). The second-order valence-corrected chi connectivity index (χ2v) is 3.23. The summed E-state index contributed by atoms with van der Waals surface area (Å²) in [5, 5.41) is 17.2. The van der Waals surface area contributed by atoms with Crippen molar-refractivity contribution in [2.45, 2.75) is 0 Å². The van der Waals surface area contributed by atoms with Gasteiger partial charge in [0.1, 0.15) is 18.2 Å². The number of rotatable bonds is 3. The van der Waals surface area contributed by atoms with E-state index < -0.39 is 5.91 Å². The minimum atomic E-state index is -0.410. The number of nitrogens with zero attached hydrogens (tertiary/aromatic N) is 4. The van der Waals surface area contributed by atoms with Crippen LogP contribution in [-0.4, -0.2) is 28.9 Å². The molecule has 0 fully saturated rings. The summed E-state index contributed by atoms with van der Waals surface area (Å²) >= 11 is 5.64. The Labute approximate surface area is 97.5 Å². The first-order valence-corrected chi connectivity index (χ1v) is 4.71. The normalized spacial score (nSPS) is 8.94. The van der Waals surface area contributed by atoms with E-state index in [0.717, 1.165) is 4.90 Å². The van der Waals surface area contributed by atoms with Gasteiger partial charge in [0.2, 0.25) is 0 Å². The Hall–Kier alpha value is -2.11. The number of pyridine rings is 1. The third-order valence-electron chi connectivity index (χ3n) is 1.78. The molecule has 80 valence electrons. The van der Waals surface area contributed by atoms with Gasteiger partial charge in [-0.25, -0.2) is 4.98 Å². The van der Waals surface area contributed by atoms with Crippen molar-refractivity contribution >= 4 is 17.5 Å². The molecule has 5 nitrogen and oxygen atoms in total. The summed E-state index contributed by atoms with van der Waals surface area (Å²) in [7, 11) is 0. The standard InChI is InChI=1S/C10H7ClN4O/c11-9-7-8(1-4-14-9)10(16)15(5-2-12)6-3-13/h1,4,7H,5-6H2.